The van der Waals surface area contributed by atoms with Gasteiger partial charge in [0, 0.05) is 29.7 Å². The van der Waals surface area contributed by atoms with E-state index in [1.54, 1.807) is 0 Å². The number of allylic oxidation sites excluding steroid dienone is 1. The maximum Gasteiger partial charge on any atom is 0.128 e. The molecule has 0 amide bonds. The molecule has 0 aliphatic carbocycles. The molecular formula is C26H30N2O2. The SMILES string of the molecule is OC(CCOc1cccc2[nH]ccc12)C1(CCCCCc2ccccc2)C=CC=N1. The number of unbranched alkanes of at least 4 members (excludes halogenated alkanes) is 2. The number of aryl methyl sites for hydroxylation is 1. The predicted molar refractivity (Wildman–Crippen MR) is 123 cm³/mol. The van der Waals surface area contributed by atoms with Crippen LogP contribution in [0, 0.1) is 0 Å². The van der Waals surface area contributed by atoms with Crippen molar-refractivity contribution in [2.75, 3.05) is 6.61 Å². The first-order valence-corrected chi connectivity index (χ1v) is 10.9. The lowest BCUT2D eigenvalue weighted by Gasteiger charge is -2.30. The third-order valence-corrected chi connectivity index (χ3v) is 5.95. The minimum atomic E-state index is -0.549. The second-order valence-electron chi connectivity index (χ2n) is 8.02. The van der Waals surface area contributed by atoms with Gasteiger partial charge in [-0.25, -0.2) is 0 Å². The Balaban J connectivity index is 1.25. The Bertz CT molecular complexity index is 978. The van der Waals surface area contributed by atoms with Crippen molar-refractivity contribution in [3.05, 3.63) is 78.5 Å². The third-order valence-electron chi connectivity index (χ3n) is 5.95. The zero-order valence-corrected chi connectivity index (χ0v) is 17.3. The van der Waals surface area contributed by atoms with Gasteiger partial charge in [0.25, 0.3) is 0 Å². The van der Waals surface area contributed by atoms with Crippen LogP contribution in [0.25, 0.3) is 10.9 Å². The van der Waals surface area contributed by atoms with Crippen molar-refractivity contribution in [3.8, 4) is 5.75 Å². The quantitative estimate of drug-likeness (QED) is 0.417. The van der Waals surface area contributed by atoms with Crippen LogP contribution >= 0.6 is 0 Å². The number of ether oxygens (including phenoxy) is 1. The van der Waals surface area contributed by atoms with Crippen molar-refractivity contribution in [3.63, 3.8) is 0 Å². The van der Waals surface area contributed by atoms with E-state index in [1.807, 2.05) is 42.8 Å². The molecule has 1 aliphatic heterocycles. The van der Waals surface area contributed by atoms with Crippen LogP contribution in [-0.4, -0.2) is 34.6 Å². The Hall–Kier alpha value is -2.85. The van der Waals surface area contributed by atoms with Crippen LogP contribution in [0.2, 0.25) is 0 Å². The monoisotopic (exact) mass is 402 g/mol. The largest absolute Gasteiger partial charge is 0.493 e. The van der Waals surface area contributed by atoms with Gasteiger partial charge in [-0.05, 0) is 49.1 Å². The molecule has 4 nitrogen and oxygen atoms in total. The van der Waals surface area contributed by atoms with Gasteiger partial charge in [-0.15, -0.1) is 0 Å². The molecule has 0 saturated carbocycles. The molecular weight excluding hydrogens is 372 g/mol. The van der Waals surface area contributed by atoms with Crippen LogP contribution in [0.4, 0.5) is 0 Å². The number of rotatable bonds is 11. The second kappa shape index (κ2) is 9.77. The van der Waals surface area contributed by atoms with Gasteiger partial charge < -0.3 is 14.8 Å². The lowest BCUT2D eigenvalue weighted by molar-refractivity contribution is 0.0815. The number of nitrogens with zero attached hydrogens (tertiary/aromatic N) is 1. The fraction of sp³-hybridized carbons (Fsp3) is 0.346. The first kappa shape index (κ1) is 20.4. The summed E-state index contributed by atoms with van der Waals surface area (Å²) in [5, 5.41) is 12.0. The average Bonchev–Trinajstić information content (AvgIpc) is 3.45. The summed E-state index contributed by atoms with van der Waals surface area (Å²) in [5.41, 5.74) is 1.94. The smallest absolute Gasteiger partial charge is 0.128 e. The highest BCUT2D eigenvalue weighted by Gasteiger charge is 2.35. The molecule has 2 heterocycles. The minimum Gasteiger partial charge on any atom is -0.493 e. The number of benzene rings is 2. The molecule has 2 unspecified atom stereocenters. The Morgan fingerprint density at radius 3 is 2.73 bits per heavy atom. The Kier molecular flexibility index (Phi) is 6.65. The summed E-state index contributed by atoms with van der Waals surface area (Å²) in [6.07, 6.45) is 13.1. The average molecular weight is 403 g/mol. The van der Waals surface area contributed by atoms with Crippen LogP contribution < -0.4 is 4.74 Å². The summed E-state index contributed by atoms with van der Waals surface area (Å²) in [6, 6.07) is 18.6. The molecule has 3 aromatic rings. The molecule has 0 bridgehead atoms. The topological polar surface area (TPSA) is 57.6 Å². The predicted octanol–water partition coefficient (Wildman–Crippen LogP) is 5.48. The molecule has 0 fully saturated rings. The van der Waals surface area contributed by atoms with Crippen molar-refractivity contribution in [1.82, 2.24) is 4.98 Å². The van der Waals surface area contributed by atoms with Gasteiger partial charge in [0.1, 0.15) is 11.3 Å². The first-order valence-electron chi connectivity index (χ1n) is 10.9. The van der Waals surface area contributed by atoms with Crippen LogP contribution in [0.5, 0.6) is 5.75 Å². The van der Waals surface area contributed by atoms with Crippen LogP contribution in [0.3, 0.4) is 0 Å². The molecule has 30 heavy (non-hydrogen) atoms. The van der Waals surface area contributed by atoms with Gasteiger partial charge in [-0.3, -0.25) is 4.99 Å². The van der Waals surface area contributed by atoms with Crippen molar-refractivity contribution >= 4 is 17.1 Å². The number of aliphatic hydroxyl groups is 1. The minimum absolute atomic E-state index is 0.463. The van der Waals surface area contributed by atoms with Gasteiger partial charge in [-0.1, -0.05) is 55.3 Å². The molecule has 2 atom stereocenters. The normalized spacial score (nSPS) is 18.8. The van der Waals surface area contributed by atoms with Crippen molar-refractivity contribution in [2.45, 2.75) is 50.2 Å². The maximum absolute atomic E-state index is 10.9. The highest BCUT2D eigenvalue weighted by molar-refractivity contribution is 5.85. The molecule has 0 spiro atoms. The van der Waals surface area contributed by atoms with Gasteiger partial charge >= 0.3 is 0 Å². The highest BCUT2D eigenvalue weighted by Crippen LogP contribution is 2.31. The number of aliphatic imine (C=N–C) groups is 1. The number of fused-ring (bicyclic) bond motifs is 1. The van der Waals surface area contributed by atoms with E-state index in [0.717, 1.165) is 48.8 Å². The van der Waals surface area contributed by atoms with E-state index in [-0.39, 0.29) is 0 Å². The van der Waals surface area contributed by atoms with Gasteiger partial charge in [-0.2, -0.15) is 0 Å². The zero-order valence-electron chi connectivity index (χ0n) is 17.3. The Labute approximate surface area is 178 Å². The van der Waals surface area contributed by atoms with E-state index < -0.39 is 11.6 Å². The number of hydrogen-bond acceptors (Lipinski definition) is 3. The summed E-state index contributed by atoms with van der Waals surface area (Å²) in [4.78, 5) is 7.84. The molecule has 0 saturated heterocycles. The van der Waals surface area contributed by atoms with Gasteiger partial charge in [0.05, 0.1) is 12.7 Å². The van der Waals surface area contributed by atoms with E-state index >= 15 is 0 Å². The summed E-state index contributed by atoms with van der Waals surface area (Å²) in [5.74, 6) is 0.848. The molecule has 2 N–H and O–H groups in total. The second-order valence-corrected chi connectivity index (χ2v) is 8.02. The molecule has 2 aromatic carbocycles. The molecule has 0 radical (unpaired) electrons. The van der Waals surface area contributed by atoms with E-state index in [2.05, 4.69) is 46.4 Å². The van der Waals surface area contributed by atoms with Gasteiger partial charge in [0.2, 0.25) is 0 Å². The van der Waals surface area contributed by atoms with Crippen LogP contribution in [0.15, 0.2) is 77.9 Å². The van der Waals surface area contributed by atoms with Crippen molar-refractivity contribution in [2.24, 2.45) is 4.99 Å². The summed E-state index contributed by atoms with van der Waals surface area (Å²) < 4.78 is 5.99. The van der Waals surface area contributed by atoms with E-state index in [1.165, 1.54) is 5.56 Å². The molecule has 1 aromatic heterocycles. The van der Waals surface area contributed by atoms with Crippen molar-refractivity contribution in [1.29, 1.82) is 0 Å². The van der Waals surface area contributed by atoms with E-state index in [9.17, 15) is 5.11 Å². The molecule has 1 aliphatic rings. The summed E-state index contributed by atoms with van der Waals surface area (Å²) in [7, 11) is 0. The third kappa shape index (κ3) is 4.82. The summed E-state index contributed by atoms with van der Waals surface area (Å²) >= 11 is 0. The van der Waals surface area contributed by atoms with Crippen LogP contribution in [0.1, 0.15) is 37.7 Å². The standard InChI is InChI=1S/C26H30N2O2/c29-25(15-20-30-24-13-7-12-23-22(24)14-19-27-23)26(17-8-18-28-26)16-6-2-5-11-21-9-3-1-4-10-21/h1,3-4,7-10,12-14,17-19,25,27,29H,2,5-6,11,15-16,20H2. The first-order chi connectivity index (χ1) is 14.8. The number of aromatic nitrogens is 1. The summed E-state index contributed by atoms with van der Waals surface area (Å²) in [6.45, 7) is 0.463. The highest BCUT2D eigenvalue weighted by atomic mass is 16.5. The van der Waals surface area contributed by atoms with Gasteiger partial charge in [0.15, 0.2) is 0 Å². The fourth-order valence-corrected chi connectivity index (χ4v) is 4.22. The molecule has 156 valence electrons. The molecule has 4 rings (SSSR count). The van der Waals surface area contributed by atoms with E-state index in [0.29, 0.717) is 13.0 Å². The number of aliphatic hydroxyl groups excluding tert-OH is 1. The maximum atomic E-state index is 10.9. The number of nitrogens with one attached hydrogen (secondary N) is 1. The van der Waals surface area contributed by atoms with Crippen molar-refractivity contribution < 1.29 is 9.84 Å². The molecule has 4 heteroatoms. The van der Waals surface area contributed by atoms with Crippen LogP contribution in [-0.2, 0) is 6.42 Å². The zero-order chi connectivity index (χ0) is 20.7. The number of H-pyrrole nitrogens is 1. The Morgan fingerprint density at radius 1 is 1.00 bits per heavy atom. The lowest BCUT2D eigenvalue weighted by atomic mass is 9.86. The number of aromatic amines is 1. The number of hydrogen-bond donors (Lipinski definition) is 2. The Morgan fingerprint density at radius 2 is 1.90 bits per heavy atom. The lowest BCUT2D eigenvalue weighted by Crippen LogP contribution is -2.38. The fourth-order valence-electron chi connectivity index (χ4n) is 4.22. The van der Waals surface area contributed by atoms with E-state index in [4.69, 9.17) is 4.74 Å².